The number of halogens is 1. The van der Waals surface area contributed by atoms with E-state index in [1.54, 1.807) is 0 Å². The maximum Gasteiger partial charge on any atom is 0.0498 e. The number of likely N-dealkylation sites (tertiary alicyclic amines) is 1. The van der Waals surface area contributed by atoms with E-state index in [0.717, 1.165) is 31.0 Å². The van der Waals surface area contributed by atoms with Gasteiger partial charge in [-0.2, -0.15) is 0 Å². The molecule has 0 saturated carbocycles. The van der Waals surface area contributed by atoms with Crippen molar-refractivity contribution in [1.82, 2.24) is 9.47 Å². The Morgan fingerprint density at radius 2 is 1.95 bits per heavy atom. The molecule has 2 heterocycles. The highest BCUT2D eigenvalue weighted by molar-refractivity contribution is 6.31. The molecule has 1 saturated heterocycles. The minimum Gasteiger partial charge on any atom is -0.396 e. The standard InChI is InChI=1S/C17H23ClN2O/c18-15-4-5-16-14(6-10-19-7-1-2-8-19)13-20(9-3-11-21)17(16)12-15/h4-5,12-13,21H,1-3,6-11H2. The fourth-order valence-electron chi connectivity index (χ4n) is 3.25. The molecule has 0 amide bonds. The van der Waals surface area contributed by atoms with Crippen LogP contribution in [0.4, 0.5) is 0 Å². The molecule has 3 rings (SSSR count). The summed E-state index contributed by atoms with van der Waals surface area (Å²) >= 11 is 6.14. The van der Waals surface area contributed by atoms with Gasteiger partial charge in [0, 0.05) is 41.8 Å². The van der Waals surface area contributed by atoms with Gasteiger partial charge in [-0.1, -0.05) is 17.7 Å². The number of benzene rings is 1. The Hall–Kier alpha value is -1.03. The number of aliphatic hydroxyl groups excluding tert-OH is 1. The molecule has 21 heavy (non-hydrogen) atoms. The second-order valence-electron chi connectivity index (χ2n) is 5.89. The minimum absolute atomic E-state index is 0.226. The third-order valence-corrected chi connectivity index (χ3v) is 4.62. The number of aryl methyl sites for hydroxylation is 1. The van der Waals surface area contributed by atoms with Crippen molar-refractivity contribution in [3.05, 3.63) is 35.0 Å². The SMILES string of the molecule is OCCCn1cc(CCN2CCCC2)c2ccc(Cl)cc21. The lowest BCUT2D eigenvalue weighted by Crippen LogP contribution is -2.21. The molecule has 0 aliphatic carbocycles. The molecular formula is C17H23ClN2O. The summed E-state index contributed by atoms with van der Waals surface area (Å²) in [5, 5.41) is 11.1. The molecule has 3 nitrogen and oxygen atoms in total. The number of aliphatic hydroxyl groups is 1. The molecular weight excluding hydrogens is 284 g/mol. The van der Waals surface area contributed by atoms with Crippen molar-refractivity contribution in [3.8, 4) is 0 Å². The summed E-state index contributed by atoms with van der Waals surface area (Å²) in [6.45, 7) is 4.70. The van der Waals surface area contributed by atoms with Crippen molar-refractivity contribution in [2.24, 2.45) is 0 Å². The van der Waals surface area contributed by atoms with E-state index in [4.69, 9.17) is 16.7 Å². The summed E-state index contributed by atoms with van der Waals surface area (Å²) in [5.41, 5.74) is 2.58. The fraction of sp³-hybridized carbons (Fsp3) is 0.529. The predicted octanol–water partition coefficient (Wildman–Crippen LogP) is 3.32. The van der Waals surface area contributed by atoms with Crippen LogP contribution in [-0.2, 0) is 13.0 Å². The largest absolute Gasteiger partial charge is 0.396 e. The quantitative estimate of drug-likeness (QED) is 0.887. The highest BCUT2D eigenvalue weighted by atomic mass is 35.5. The first-order chi connectivity index (χ1) is 10.3. The van der Waals surface area contributed by atoms with Crippen molar-refractivity contribution >= 4 is 22.5 Å². The van der Waals surface area contributed by atoms with E-state index in [0.29, 0.717) is 0 Å². The van der Waals surface area contributed by atoms with Gasteiger partial charge in [0.25, 0.3) is 0 Å². The smallest absolute Gasteiger partial charge is 0.0498 e. The number of rotatable bonds is 6. The molecule has 1 fully saturated rings. The van der Waals surface area contributed by atoms with Crippen molar-refractivity contribution < 1.29 is 5.11 Å². The monoisotopic (exact) mass is 306 g/mol. The molecule has 1 aliphatic heterocycles. The zero-order valence-corrected chi connectivity index (χ0v) is 13.1. The zero-order valence-electron chi connectivity index (χ0n) is 12.4. The summed E-state index contributed by atoms with van der Waals surface area (Å²) in [7, 11) is 0. The van der Waals surface area contributed by atoms with Gasteiger partial charge in [0.1, 0.15) is 0 Å². The highest BCUT2D eigenvalue weighted by Gasteiger charge is 2.14. The zero-order chi connectivity index (χ0) is 14.7. The van der Waals surface area contributed by atoms with E-state index in [1.807, 2.05) is 12.1 Å². The van der Waals surface area contributed by atoms with Crippen LogP contribution in [0.2, 0.25) is 5.02 Å². The number of nitrogens with zero attached hydrogens (tertiary/aromatic N) is 2. The molecule has 0 spiro atoms. The fourth-order valence-corrected chi connectivity index (χ4v) is 3.42. The first-order valence-electron chi connectivity index (χ1n) is 7.88. The Morgan fingerprint density at radius 1 is 1.14 bits per heavy atom. The number of hydrogen-bond acceptors (Lipinski definition) is 2. The summed E-state index contributed by atoms with van der Waals surface area (Å²) in [6.07, 6.45) is 6.79. The first-order valence-corrected chi connectivity index (χ1v) is 8.26. The molecule has 1 aliphatic rings. The topological polar surface area (TPSA) is 28.4 Å². The van der Waals surface area contributed by atoms with Gasteiger partial charge >= 0.3 is 0 Å². The molecule has 0 unspecified atom stereocenters. The molecule has 0 atom stereocenters. The lowest BCUT2D eigenvalue weighted by atomic mass is 10.1. The second kappa shape index (κ2) is 6.82. The molecule has 0 radical (unpaired) electrons. The maximum atomic E-state index is 9.06. The van der Waals surface area contributed by atoms with Crippen molar-refractivity contribution in [2.75, 3.05) is 26.2 Å². The van der Waals surface area contributed by atoms with E-state index in [9.17, 15) is 0 Å². The van der Waals surface area contributed by atoms with E-state index in [-0.39, 0.29) is 6.61 Å². The van der Waals surface area contributed by atoms with Crippen LogP contribution < -0.4 is 0 Å². The van der Waals surface area contributed by atoms with E-state index < -0.39 is 0 Å². The Bertz CT molecular complexity index is 602. The van der Waals surface area contributed by atoms with Gasteiger partial charge in [-0.3, -0.25) is 0 Å². The van der Waals surface area contributed by atoms with Crippen LogP contribution in [0.1, 0.15) is 24.8 Å². The van der Waals surface area contributed by atoms with Crippen LogP contribution in [0.25, 0.3) is 10.9 Å². The second-order valence-corrected chi connectivity index (χ2v) is 6.32. The van der Waals surface area contributed by atoms with Gasteiger partial charge in [-0.15, -0.1) is 0 Å². The minimum atomic E-state index is 0.226. The molecule has 2 aromatic rings. The summed E-state index contributed by atoms with van der Waals surface area (Å²) in [5.74, 6) is 0. The van der Waals surface area contributed by atoms with Gasteiger partial charge in [0.2, 0.25) is 0 Å². The predicted molar refractivity (Wildman–Crippen MR) is 88.0 cm³/mol. The van der Waals surface area contributed by atoms with Gasteiger partial charge in [-0.05, 0) is 56.5 Å². The molecule has 1 aromatic carbocycles. The lowest BCUT2D eigenvalue weighted by molar-refractivity contribution is 0.280. The highest BCUT2D eigenvalue weighted by Crippen LogP contribution is 2.26. The van der Waals surface area contributed by atoms with E-state index in [2.05, 4.69) is 21.7 Å². The Balaban J connectivity index is 1.82. The van der Waals surface area contributed by atoms with Gasteiger partial charge in [0.15, 0.2) is 0 Å². The number of hydrogen-bond donors (Lipinski definition) is 1. The number of aromatic nitrogens is 1. The van der Waals surface area contributed by atoms with E-state index >= 15 is 0 Å². The Labute approximate surface area is 131 Å². The van der Waals surface area contributed by atoms with Crippen molar-refractivity contribution in [2.45, 2.75) is 32.2 Å². The molecule has 4 heteroatoms. The Morgan fingerprint density at radius 3 is 2.71 bits per heavy atom. The number of fused-ring (bicyclic) bond motifs is 1. The molecule has 0 bridgehead atoms. The average molecular weight is 307 g/mol. The first kappa shape index (κ1) is 14.9. The van der Waals surface area contributed by atoms with Crippen LogP contribution in [0.3, 0.4) is 0 Å². The molecule has 114 valence electrons. The van der Waals surface area contributed by atoms with Crippen LogP contribution >= 0.6 is 11.6 Å². The van der Waals surface area contributed by atoms with Crippen LogP contribution in [-0.4, -0.2) is 40.8 Å². The average Bonchev–Trinajstić information content (AvgIpc) is 3.10. The lowest BCUT2D eigenvalue weighted by Gasteiger charge is -2.13. The van der Waals surface area contributed by atoms with Crippen LogP contribution in [0, 0.1) is 0 Å². The van der Waals surface area contributed by atoms with Gasteiger partial charge in [0.05, 0.1) is 0 Å². The van der Waals surface area contributed by atoms with Crippen molar-refractivity contribution in [3.63, 3.8) is 0 Å². The maximum absolute atomic E-state index is 9.06. The third kappa shape index (κ3) is 3.42. The summed E-state index contributed by atoms with van der Waals surface area (Å²) in [4.78, 5) is 2.55. The van der Waals surface area contributed by atoms with Gasteiger partial charge in [-0.25, -0.2) is 0 Å². The normalized spacial score (nSPS) is 16.1. The van der Waals surface area contributed by atoms with Crippen molar-refractivity contribution in [1.29, 1.82) is 0 Å². The molecule has 1 aromatic heterocycles. The summed E-state index contributed by atoms with van der Waals surface area (Å²) < 4.78 is 2.23. The molecule has 1 N–H and O–H groups in total. The van der Waals surface area contributed by atoms with E-state index in [1.165, 1.54) is 42.4 Å². The third-order valence-electron chi connectivity index (χ3n) is 4.38. The Kier molecular flexibility index (Phi) is 4.84. The van der Waals surface area contributed by atoms with Crippen LogP contribution in [0.15, 0.2) is 24.4 Å². The van der Waals surface area contributed by atoms with Gasteiger partial charge < -0.3 is 14.6 Å². The van der Waals surface area contributed by atoms with Crippen LogP contribution in [0.5, 0.6) is 0 Å². The summed E-state index contributed by atoms with van der Waals surface area (Å²) in [6, 6.07) is 6.14.